The van der Waals surface area contributed by atoms with Crippen molar-refractivity contribution in [1.29, 1.82) is 0 Å². The largest absolute Gasteiger partial charge is 0.351 e. The summed E-state index contributed by atoms with van der Waals surface area (Å²) >= 11 is 0. The average molecular weight is 339 g/mol. The van der Waals surface area contributed by atoms with Gasteiger partial charge in [0.1, 0.15) is 0 Å². The van der Waals surface area contributed by atoms with Crippen molar-refractivity contribution in [2.45, 2.75) is 18.8 Å². The number of amides is 1. The Kier molecular flexibility index (Phi) is 6.15. The van der Waals surface area contributed by atoms with E-state index in [1.807, 2.05) is 24.3 Å². The molecule has 2 N–H and O–H groups in total. The number of hydrogen-bond acceptors (Lipinski definition) is 4. The van der Waals surface area contributed by atoms with Crippen molar-refractivity contribution in [3.63, 3.8) is 0 Å². The van der Waals surface area contributed by atoms with Gasteiger partial charge in [0.15, 0.2) is 0 Å². The SMILES string of the molecule is CN(CCNC(=O)c1ccc([C@@H]2CCCNC2)cc1)S(C)(=O)=O. The zero-order valence-corrected chi connectivity index (χ0v) is 14.5. The van der Waals surface area contributed by atoms with E-state index in [4.69, 9.17) is 0 Å². The molecule has 7 heteroatoms. The van der Waals surface area contributed by atoms with E-state index in [0.29, 0.717) is 11.5 Å². The molecule has 0 aromatic heterocycles. The predicted octanol–water partition coefficient (Wildman–Crippen LogP) is 0.775. The van der Waals surface area contributed by atoms with Gasteiger partial charge in [0.2, 0.25) is 10.0 Å². The lowest BCUT2D eigenvalue weighted by Gasteiger charge is -2.23. The highest BCUT2D eigenvalue weighted by Crippen LogP contribution is 2.23. The standard InChI is InChI=1S/C16H25N3O3S/c1-19(23(2,21)22)11-10-18-16(20)14-7-5-13(6-8-14)15-4-3-9-17-12-15/h5-8,15,17H,3-4,9-12H2,1-2H3,(H,18,20)/t15-/m1/s1. The van der Waals surface area contributed by atoms with Crippen LogP contribution in [0, 0.1) is 0 Å². The Balaban J connectivity index is 1.85. The highest BCUT2D eigenvalue weighted by atomic mass is 32.2. The van der Waals surface area contributed by atoms with Crippen LogP contribution in [0.1, 0.15) is 34.7 Å². The van der Waals surface area contributed by atoms with Crippen LogP contribution >= 0.6 is 0 Å². The summed E-state index contributed by atoms with van der Waals surface area (Å²) in [4.78, 5) is 12.1. The number of carbonyl (C=O) groups is 1. The van der Waals surface area contributed by atoms with Crippen molar-refractivity contribution < 1.29 is 13.2 Å². The molecule has 2 rings (SSSR count). The van der Waals surface area contributed by atoms with Crippen molar-refractivity contribution in [2.75, 3.05) is 39.5 Å². The number of benzene rings is 1. The predicted molar refractivity (Wildman–Crippen MR) is 91.1 cm³/mol. The quantitative estimate of drug-likeness (QED) is 0.803. The average Bonchev–Trinajstić information content (AvgIpc) is 2.54. The Hall–Kier alpha value is -1.44. The zero-order valence-electron chi connectivity index (χ0n) is 13.7. The fourth-order valence-corrected chi connectivity index (χ4v) is 3.06. The Morgan fingerprint density at radius 2 is 2.04 bits per heavy atom. The molecular formula is C16H25N3O3S. The number of nitrogens with one attached hydrogen (secondary N) is 2. The van der Waals surface area contributed by atoms with E-state index >= 15 is 0 Å². The van der Waals surface area contributed by atoms with Crippen LogP contribution in [0.15, 0.2) is 24.3 Å². The molecule has 0 bridgehead atoms. The van der Waals surface area contributed by atoms with Gasteiger partial charge in [-0.15, -0.1) is 0 Å². The molecule has 6 nitrogen and oxygen atoms in total. The number of carbonyl (C=O) groups excluding carboxylic acids is 1. The van der Waals surface area contributed by atoms with Crippen LogP contribution in [0.25, 0.3) is 0 Å². The number of rotatable bonds is 6. The molecule has 1 saturated heterocycles. The fraction of sp³-hybridized carbons (Fsp3) is 0.562. The Labute approximate surface area is 138 Å². The maximum absolute atomic E-state index is 12.1. The van der Waals surface area contributed by atoms with E-state index in [0.717, 1.165) is 19.3 Å². The maximum Gasteiger partial charge on any atom is 0.251 e. The first-order valence-electron chi connectivity index (χ1n) is 7.88. The number of hydrogen-bond donors (Lipinski definition) is 2. The van der Waals surface area contributed by atoms with Gasteiger partial charge in [0.25, 0.3) is 5.91 Å². The number of nitrogens with zero attached hydrogens (tertiary/aromatic N) is 1. The van der Waals surface area contributed by atoms with Crippen molar-refractivity contribution in [2.24, 2.45) is 0 Å². The number of sulfonamides is 1. The van der Waals surface area contributed by atoms with E-state index < -0.39 is 10.0 Å². The molecule has 1 aromatic rings. The van der Waals surface area contributed by atoms with Crippen LogP contribution in [0.5, 0.6) is 0 Å². The molecule has 1 aliphatic rings. The van der Waals surface area contributed by atoms with Gasteiger partial charge in [-0.1, -0.05) is 12.1 Å². The summed E-state index contributed by atoms with van der Waals surface area (Å²) in [6.45, 7) is 2.62. The molecule has 128 valence electrons. The summed E-state index contributed by atoms with van der Waals surface area (Å²) < 4.78 is 23.8. The minimum absolute atomic E-state index is 0.180. The van der Waals surface area contributed by atoms with Crippen molar-refractivity contribution in [3.05, 3.63) is 35.4 Å². The van der Waals surface area contributed by atoms with Crippen LogP contribution in [-0.2, 0) is 10.0 Å². The molecule has 0 spiro atoms. The first kappa shape index (κ1) is 17.9. The first-order chi connectivity index (χ1) is 10.9. The molecule has 0 radical (unpaired) electrons. The fourth-order valence-electron chi connectivity index (χ4n) is 2.64. The van der Waals surface area contributed by atoms with Crippen molar-refractivity contribution in [1.82, 2.24) is 14.9 Å². The van der Waals surface area contributed by atoms with Gasteiger partial charge in [-0.25, -0.2) is 12.7 Å². The van der Waals surface area contributed by atoms with E-state index in [-0.39, 0.29) is 19.0 Å². The molecule has 1 atom stereocenters. The molecule has 1 aliphatic heterocycles. The van der Waals surface area contributed by atoms with Gasteiger partial charge >= 0.3 is 0 Å². The van der Waals surface area contributed by atoms with Crippen molar-refractivity contribution in [3.8, 4) is 0 Å². The van der Waals surface area contributed by atoms with Crippen LogP contribution < -0.4 is 10.6 Å². The first-order valence-corrected chi connectivity index (χ1v) is 9.73. The molecule has 0 unspecified atom stereocenters. The lowest BCUT2D eigenvalue weighted by atomic mass is 9.91. The summed E-state index contributed by atoms with van der Waals surface area (Å²) in [7, 11) is -1.71. The second-order valence-corrected chi connectivity index (χ2v) is 8.10. The van der Waals surface area contributed by atoms with Gasteiger partial charge in [-0.05, 0) is 43.0 Å². The maximum atomic E-state index is 12.1. The molecule has 1 aromatic carbocycles. The summed E-state index contributed by atoms with van der Waals surface area (Å²) in [5, 5.41) is 6.13. The third-order valence-electron chi connectivity index (χ3n) is 4.22. The second kappa shape index (κ2) is 7.90. The highest BCUT2D eigenvalue weighted by Gasteiger charge is 2.16. The second-order valence-electron chi connectivity index (χ2n) is 6.01. The van der Waals surface area contributed by atoms with Crippen LogP contribution in [0.2, 0.25) is 0 Å². The monoisotopic (exact) mass is 339 g/mol. The summed E-state index contributed by atoms with van der Waals surface area (Å²) in [6, 6.07) is 7.68. The van der Waals surface area contributed by atoms with Gasteiger partial charge in [-0.3, -0.25) is 4.79 Å². The normalized spacial score (nSPS) is 18.8. The third-order valence-corrected chi connectivity index (χ3v) is 5.53. The minimum Gasteiger partial charge on any atom is -0.351 e. The minimum atomic E-state index is -3.21. The molecule has 1 heterocycles. The van der Waals surface area contributed by atoms with Crippen LogP contribution in [-0.4, -0.2) is 58.1 Å². The molecule has 1 fully saturated rings. The van der Waals surface area contributed by atoms with Crippen LogP contribution in [0.4, 0.5) is 0 Å². The van der Waals surface area contributed by atoms with Crippen molar-refractivity contribution >= 4 is 15.9 Å². The van der Waals surface area contributed by atoms with Gasteiger partial charge < -0.3 is 10.6 Å². The van der Waals surface area contributed by atoms with Gasteiger partial charge in [0.05, 0.1) is 6.26 Å². The highest BCUT2D eigenvalue weighted by molar-refractivity contribution is 7.88. The summed E-state index contributed by atoms with van der Waals surface area (Å²) in [5.41, 5.74) is 1.85. The van der Waals surface area contributed by atoms with E-state index in [2.05, 4.69) is 10.6 Å². The molecule has 23 heavy (non-hydrogen) atoms. The molecule has 0 saturated carbocycles. The lowest BCUT2D eigenvalue weighted by Crippen LogP contribution is -2.35. The molecule has 0 aliphatic carbocycles. The van der Waals surface area contributed by atoms with Crippen LogP contribution in [0.3, 0.4) is 0 Å². The zero-order chi connectivity index (χ0) is 16.9. The molecule has 1 amide bonds. The molecular weight excluding hydrogens is 314 g/mol. The Bertz CT molecular complexity index is 622. The number of likely N-dealkylation sites (N-methyl/N-ethyl adjacent to an activating group) is 1. The summed E-state index contributed by atoms with van der Waals surface area (Å²) in [6.07, 6.45) is 3.50. The van der Waals surface area contributed by atoms with Gasteiger partial charge in [-0.2, -0.15) is 0 Å². The summed E-state index contributed by atoms with van der Waals surface area (Å²) in [5.74, 6) is 0.337. The Morgan fingerprint density at radius 3 is 2.61 bits per heavy atom. The van der Waals surface area contributed by atoms with E-state index in [1.165, 1.54) is 29.8 Å². The van der Waals surface area contributed by atoms with E-state index in [1.54, 1.807) is 0 Å². The smallest absolute Gasteiger partial charge is 0.251 e. The Morgan fingerprint density at radius 1 is 1.35 bits per heavy atom. The van der Waals surface area contributed by atoms with E-state index in [9.17, 15) is 13.2 Å². The van der Waals surface area contributed by atoms with Gasteiger partial charge in [0, 0.05) is 32.2 Å². The third kappa shape index (κ3) is 5.30. The topological polar surface area (TPSA) is 78.5 Å². The number of piperidine rings is 1. The lowest BCUT2D eigenvalue weighted by molar-refractivity contribution is 0.0952.